The van der Waals surface area contributed by atoms with Crippen LogP contribution < -0.4 is 5.73 Å². The molecule has 1 saturated carbocycles. The minimum Gasteiger partial charge on any atom is -0.396 e. The Bertz CT molecular complexity index is 261. The Morgan fingerprint density at radius 2 is 2.15 bits per heavy atom. The van der Waals surface area contributed by atoms with E-state index < -0.39 is 0 Å². The monoisotopic (exact) mass is 179 g/mol. The molecule has 0 aliphatic heterocycles. The van der Waals surface area contributed by atoms with Crippen LogP contribution in [0, 0.1) is 5.92 Å². The maximum atomic E-state index is 5.60. The third kappa shape index (κ3) is 2.23. The first-order valence-electron chi connectivity index (χ1n) is 5.12. The predicted molar refractivity (Wildman–Crippen MR) is 53.2 cm³/mol. The van der Waals surface area contributed by atoms with Crippen LogP contribution in [0.15, 0.2) is 12.4 Å². The molecule has 0 saturated heterocycles. The van der Waals surface area contributed by atoms with E-state index in [1.807, 2.05) is 10.9 Å². The summed E-state index contributed by atoms with van der Waals surface area (Å²) in [6.07, 6.45) is 10.6. The number of hydrogen-bond acceptors (Lipinski definition) is 2. The fourth-order valence-corrected chi connectivity index (χ4v) is 2.11. The molecule has 1 heterocycles. The number of hydrogen-bond donors (Lipinski definition) is 1. The molecule has 1 aromatic rings. The van der Waals surface area contributed by atoms with Gasteiger partial charge in [-0.1, -0.05) is 19.3 Å². The van der Waals surface area contributed by atoms with Crippen molar-refractivity contribution < 1.29 is 0 Å². The molecule has 1 fully saturated rings. The molecule has 1 aliphatic rings. The molecular formula is C10H17N3. The van der Waals surface area contributed by atoms with E-state index in [0.717, 1.165) is 18.2 Å². The van der Waals surface area contributed by atoms with E-state index in [2.05, 4.69) is 5.10 Å². The molecule has 0 aromatic carbocycles. The van der Waals surface area contributed by atoms with Crippen molar-refractivity contribution >= 4 is 5.69 Å². The molecule has 0 unspecified atom stereocenters. The average Bonchev–Trinajstić information content (AvgIpc) is 2.53. The van der Waals surface area contributed by atoms with Crippen LogP contribution >= 0.6 is 0 Å². The zero-order chi connectivity index (χ0) is 9.10. The smallest absolute Gasteiger partial charge is 0.0719 e. The van der Waals surface area contributed by atoms with Crippen LogP contribution in [0.5, 0.6) is 0 Å². The molecule has 0 spiro atoms. The minimum absolute atomic E-state index is 0.774. The maximum Gasteiger partial charge on any atom is 0.0719 e. The Balaban J connectivity index is 1.89. The van der Waals surface area contributed by atoms with Crippen molar-refractivity contribution in [2.24, 2.45) is 5.92 Å². The lowest BCUT2D eigenvalue weighted by Gasteiger charge is -2.21. The molecule has 3 nitrogen and oxygen atoms in total. The average molecular weight is 179 g/mol. The molecule has 1 aromatic heterocycles. The Hall–Kier alpha value is -0.990. The summed E-state index contributed by atoms with van der Waals surface area (Å²) >= 11 is 0. The lowest BCUT2D eigenvalue weighted by molar-refractivity contribution is 0.308. The van der Waals surface area contributed by atoms with Crippen LogP contribution in [0.2, 0.25) is 0 Å². The number of nitrogens with two attached hydrogens (primary N) is 1. The van der Waals surface area contributed by atoms with Crippen LogP contribution in [0.4, 0.5) is 5.69 Å². The van der Waals surface area contributed by atoms with E-state index in [-0.39, 0.29) is 0 Å². The van der Waals surface area contributed by atoms with E-state index >= 15 is 0 Å². The quantitative estimate of drug-likeness (QED) is 0.755. The molecule has 1 aliphatic carbocycles. The van der Waals surface area contributed by atoms with Gasteiger partial charge in [0.1, 0.15) is 0 Å². The van der Waals surface area contributed by atoms with Gasteiger partial charge in [0.15, 0.2) is 0 Å². The summed E-state index contributed by atoms with van der Waals surface area (Å²) in [6.45, 7) is 1.05. The van der Waals surface area contributed by atoms with Crippen LogP contribution in [-0.2, 0) is 6.54 Å². The Morgan fingerprint density at radius 3 is 2.77 bits per heavy atom. The third-order valence-corrected chi connectivity index (χ3v) is 2.82. The SMILES string of the molecule is Nc1cnn(CC2CCCCC2)c1. The van der Waals surface area contributed by atoms with Gasteiger partial charge in [0.25, 0.3) is 0 Å². The van der Waals surface area contributed by atoms with E-state index in [1.165, 1.54) is 32.1 Å². The molecule has 0 radical (unpaired) electrons. The van der Waals surface area contributed by atoms with E-state index in [9.17, 15) is 0 Å². The number of nitrogen functional groups attached to an aromatic ring is 1. The second kappa shape index (κ2) is 3.81. The van der Waals surface area contributed by atoms with Gasteiger partial charge in [-0.2, -0.15) is 5.10 Å². The Kier molecular flexibility index (Phi) is 2.52. The fourth-order valence-electron chi connectivity index (χ4n) is 2.11. The molecule has 3 heteroatoms. The van der Waals surface area contributed by atoms with Crippen LogP contribution in [0.25, 0.3) is 0 Å². The molecule has 0 amide bonds. The zero-order valence-corrected chi connectivity index (χ0v) is 7.95. The summed E-state index contributed by atoms with van der Waals surface area (Å²) in [4.78, 5) is 0. The van der Waals surface area contributed by atoms with Crippen molar-refractivity contribution in [1.82, 2.24) is 9.78 Å². The highest BCUT2D eigenvalue weighted by atomic mass is 15.3. The Morgan fingerprint density at radius 1 is 1.38 bits per heavy atom. The van der Waals surface area contributed by atoms with Crippen molar-refractivity contribution in [3.63, 3.8) is 0 Å². The molecular weight excluding hydrogens is 162 g/mol. The normalized spacial score (nSPS) is 19.1. The first-order valence-corrected chi connectivity index (χ1v) is 5.12. The van der Waals surface area contributed by atoms with E-state index in [1.54, 1.807) is 6.20 Å². The van der Waals surface area contributed by atoms with Crippen LogP contribution in [0.1, 0.15) is 32.1 Å². The third-order valence-electron chi connectivity index (χ3n) is 2.82. The summed E-state index contributed by atoms with van der Waals surface area (Å²) in [6, 6.07) is 0. The molecule has 0 atom stereocenters. The highest BCUT2D eigenvalue weighted by Gasteiger charge is 2.13. The number of nitrogens with zero attached hydrogens (tertiary/aromatic N) is 2. The standard InChI is InChI=1S/C10H17N3/c11-10-6-12-13(8-10)7-9-4-2-1-3-5-9/h6,8-9H,1-5,7,11H2. The molecule has 2 rings (SSSR count). The van der Waals surface area contributed by atoms with Gasteiger partial charge in [0.2, 0.25) is 0 Å². The number of aromatic nitrogens is 2. The second-order valence-electron chi connectivity index (χ2n) is 4.00. The van der Waals surface area contributed by atoms with E-state index in [0.29, 0.717) is 0 Å². The molecule has 0 bridgehead atoms. The highest BCUT2D eigenvalue weighted by molar-refractivity contribution is 5.30. The summed E-state index contributed by atoms with van der Waals surface area (Å²) < 4.78 is 1.98. The zero-order valence-electron chi connectivity index (χ0n) is 7.95. The van der Waals surface area contributed by atoms with Crippen LogP contribution in [-0.4, -0.2) is 9.78 Å². The first kappa shape index (κ1) is 8.60. The Labute approximate surface area is 78.9 Å². The number of rotatable bonds is 2. The van der Waals surface area contributed by atoms with E-state index in [4.69, 9.17) is 5.73 Å². The largest absolute Gasteiger partial charge is 0.396 e. The number of anilines is 1. The summed E-state index contributed by atoms with van der Waals surface area (Å²) in [5.74, 6) is 0.827. The van der Waals surface area contributed by atoms with Gasteiger partial charge >= 0.3 is 0 Å². The van der Waals surface area contributed by atoms with Crippen molar-refractivity contribution in [3.05, 3.63) is 12.4 Å². The maximum absolute atomic E-state index is 5.60. The van der Waals surface area contributed by atoms with Gasteiger partial charge in [0, 0.05) is 12.7 Å². The summed E-state index contributed by atoms with van der Waals surface area (Å²) in [5, 5.41) is 4.20. The van der Waals surface area contributed by atoms with Gasteiger partial charge in [0.05, 0.1) is 11.9 Å². The van der Waals surface area contributed by atoms with Crippen molar-refractivity contribution in [2.75, 3.05) is 5.73 Å². The lowest BCUT2D eigenvalue weighted by Crippen LogP contribution is -2.14. The summed E-state index contributed by atoms with van der Waals surface area (Å²) in [5.41, 5.74) is 6.37. The lowest BCUT2D eigenvalue weighted by atomic mass is 9.89. The van der Waals surface area contributed by atoms with Gasteiger partial charge in [-0.15, -0.1) is 0 Å². The fraction of sp³-hybridized carbons (Fsp3) is 0.700. The van der Waals surface area contributed by atoms with Crippen molar-refractivity contribution in [3.8, 4) is 0 Å². The van der Waals surface area contributed by atoms with Crippen LogP contribution in [0.3, 0.4) is 0 Å². The first-order chi connectivity index (χ1) is 6.34. The second-order valence-corrected chi connectivity index (χ2v) is 4.00. The van der Waals surface area contributed by atoms with Crippen molar-refractivity contribution in [1.29, 1.82) is 0 Å². The van der Waals surface area contributed by atoms with Gasteiger partial charge in [-0.05, 0) is 18.8 Å². The van der Waals surface area contributed by atoms with Gasteiger partial charge in [-0.3, -0.25) is 4.68 Å². The van der Waals surface area contributed by atoms with Crippen molar-refractivity contribution in [2.45, 2.75) is 38.6 Å². The minimum atomic E-state index is 0.774. The highest BCUT2D eigenvalue weighted by Crippen LogP contribution is 2.24. The molecule has 72 valence electrons. The molecule has 2 N–H and O–H groups in total. The van der Waals surface area contributed by atoms with Gasteiger partial charge in [-0.25, -0.2) is 0 Å². The van der Waals surface area contributed by atoms with Gasteiger partial charge < -0.3 is 5.73 Å². The summed E-state index contributed by atoms with van der Waals surface area (Å²) in [7, 11) is 0. The topological polar surface area (TPSA) is 43.8 Å². The predicted octanol–water partition coefficient (Wildman–Crippen LogP) is 2.05. The molecule has 13 heavy (non-hydrogen) atoms.